The second-order valence-corrected chi connectivity index (χ2v) is 6.60. The Kier molecular flexibility index (Phi) is 2.78. The van der Waals surface area contributed by atoms with Crippen LogP contribution >= 0.6 is 11.5 Å². The summed E-state index contributed by atoms with van der Waals surface area (Å²) < 4.78 is 4.27. The molecule has 9 heteroatoms. The molecule has 0 unspecified atom stereocenters. The van der Waals surface area contributed by atoms with Crippen LogP contribution in [-0.2, 0) is 0 Å². The number of nitrogens with one attached hydrogen (secondary N) is 1. The second kappa shape index (κ2) is 4.55. The second-order valence-electron chi connectivity index (χ2n) is 5.85. The topological polar surface area (TPSA) is 104 Å². The number of hydrogen-bond donors (Lipinski definition) is 2. The number of carbonyl (C=O) groups excluding carboxylic acids is 2. The molecule has 0 spiro atoms. The van der Waals surface area contributed by atoms with Crippen molar-refractivity contribution < 1.29 is 9.59 Å². The molecule has 3 heterocycles. The van der Waals surface area contributed by atoms with Crippen LogP contribution < -0.4 is 11.1 Å². The molecular weight excluding hydrogens is 292 g/mol. The average Bonchev–Trinajstić information content (AvgIpc) is 2.89. The van der Waals surface area contributed by atoms with Gasteiger partial charge in [0.1, 0.15) is 5.82 Å². The lowest BCUT2D eigenvalue weighted by atomic mass is 10.2. The van der Waals surface area contributed by atoms with E-state index in [1.54, 1.807) is 9.80 Å². The van der Waals surface area contributed by atoms with Crippen molar-refractivity contribution in [2.75, 3.05) is 18.4 Å². The molecule has 1 aromatic heterocycles. The van der Waals surface area contributed by atoms with Crippen molar-refractivity contribution >= 4 is 28.7 Å². The van der Waals surface area contributed by atoms with E-state index >= 15 is 0 Å². The Hall–Kier alpha value is -1.90. The van der Waals surface area contributed by atoms with E-state index in [9.17, 15) is 9.59 Å². The highest BCUT2D eigenvalue weighted by Gasteiger charge is 2.46. The zero-order valence-corrected chi connectivity index (χ0v) is 12.2. The number of aromatic nitrogens is 2. The Balaban J connectivity index is 1.39. The van der Waals surface area contributed by atoms with Gasteiger partial charge in [-0.05, 0) is 19.3 Å². The van der Waals surface area contributed by atoms with Gasteiger partial charge in [0.2, 0.25) is 5.13 Å². The molecule has 3 N–H and O–H groups in total. The molecule has 3 aliphatic rings. The zero-order valence-electron chi connectivity index (χ0n) is 11.4. The number of rotatable bonds is 2. The molecule has 4 rings (SSSR count). The highest BCUT2D eigenvalue weighted by molar-refractivity contribution is 7.09. The summed E-state index contributed by atoms with van der Waals surface area (Å²) in [6.07, 6.45) is 3.09. The molecule has 112 valence electrons. The number of piperazine rings is 1. The number of nitrogens with two attached hydrogens (primary N) is 1. The highest BCUT2D eigenvalue weighted by Crippen LogP contribution is 2.39. The third-order valence-corrected chi connectivity index (χ3v) is 5.03. The number of primary amides is 1. The molecule has 0 aromatic carbocycles. The number of fused-ring (bicyclic) bond motifs is 2. The molecule has 3 fully saturated rings. The molecular formula is C12H16N6O2S. The quantitative estimate of drug-likeness (QED) is 0.842. The normalized spacial score (nSPS) is 27.2. The maximum atomic E-state index is 12.3. The monoisotopic (exact) mass is 308 g/mol. The molecule has 2 saturated heterocycles. The van der Waals surface area contributed by atoms with Crippen molar-refractivity contribution in [2.45, 2.75) is 37.3 Å². The number of nitrogens with zero attached hydrogens (tertiary/aromatic N) is 4. The van der Waals surface area contributed by atoms with E-state index < -0.39 is 6.03 Å². The Bertz CT molecular complexity index is 600. The fourth-order valence-corrected chi connectivity index (χ4v) is 3.78. The summed E-state index contributed by atoms with van der Waals surface area (Å²) in [6.45, 7) is 1.06. The summed E-state index contributed by atoms with van der Waals surface area (Å²) in [5, 5.41) is 3.37. The first kappa shape index (κ1) is 12.8. The first-order chi connectivity index (χ1) is 10.1. The van der Waals surface area contributed by atoms with Crippen molar-refractivity contribution in [3.05, 3.63) is 5.82 Å². The van der Waals surface area contributed by atoms with Crippen molar-refractivity contribution in [2.24, 2.45) is 5.73 Å². The Morgan fingerprint density at radius 1 is 1.24 bits per heavy atom. The van der Waals surface area contributed by atoms with Gasteiger partial charge in [-0.1, -0.05) is 0 Å². The van der Waals surface area contributed by atoms with Crippen LogP contribution in [0, 0.1) is 0 Å². The van der Waals surface area contributed by atoms with Gasteiger partial charge >= 0.3 is 12.1 Å². The summed E-state index contributed by atoms with van der Waals surface area (Å²) in [5.74, 6) is 1.33. The number of likely N-dealkylation sites (tertiary alicyclic amines) is 2. The summed E-state index contributed by atoms with van der Waals surface area (Å²) >= 11 is 1.23. The van der Waals surface area contributed by atoms with E-state index in [0.29, 0.717) is 24.1 Å². The number of urea groups is 2. The molecule has 2 atom stereocenters. The van der Waals surface area contributed by atoms with Crippen molar-refractivity contribution in [1.82, 2.24) is 19.2 Å². The van der Waals surface area contributed by atoms with Gasteiger partial charge in [-0.3, -0.25) is 5.32 Å². The van der Waals surface area contributed by atoms with Crippen LogP contribution in [0.1, 0.15) is 31.0 Å². The fraction of sp³-hybridized carbons (Fsp3) is 0.667. The molecule has 2 aliphatic heterocycles. The van der Waals surface area contributed by atoms with E-state index in [1.807, 2.05) is 0 Å². The fourth-order valence-electron chi connectivity index (χ4n) is 3.14. The van der Waals surface area contributed by atoms with Crippen LogP contribution in [0.25, 0.3) is 0 Å². The van der Waals surface area contributed by atoms with Gasteiger partial charge in [0, 0.05) is 30.5 Å². The van der Waals surface area contributed by atoms with Gasteiger partial charge < -0.3 is 15.5 Å². The summed E-state index contributed by atoms with van der Waals surface area (Å²) in [5.41, 5.74) is 5.32. The van der Waals surface area contributed by atoms with E-state index in [1.165, 1.54) is 11.5 Å². The van der Waals surface area contributed by atoms with Crippen molar-refractivity contribution in [3.8, 4) is 0 Å². The van der Waals surface area contributed by atoms with E-state index in [2.05, 4.69) is 14.7 Å². The van der Waals surface area contributed by atoms with Crippen molar-refractivity contribution in [3.63, 3.8) is 0 Å². The third kappa shape index (κ3) is 2.21. The van der Waals surface area contributed by atoms with Gasteiger partial charge in [0.05, 0.1) is 12.1 Å². The van der Waals surface area contributed by atoms with Crippen molar-refractivity contribution in [1.29, 1.82) is 0 Å². The number of hydrogen-bond acceptors (Lipinski definition) is 5. The lowest BCUT2D eigenvalue weighted by molar-refractivity contribution is 0.152. The van der Waals surface area contributed by atoms with Gasteiger partial charge in [-0.15, -0.1) is 0 Å². The minimum Gasteiger partial charge on any atom is -0.351 e. The predicted molar refractivity (Wildman–Crippen MR) is 76.1 cm³/mol. The van der Waals surface area contributed by atoms with Gasteiger partial charge in [-0.2, -0.15) is 4.37 Å². The Morgan fingerprint density at radius 2 is 1.95 bits per heavy atom. The zero-order chi connectivity index (χ0) is 14.6. The molecule has 2 bridgehead atoms. The lowest BCUT2D eigenvalue weighted by Gasteiger charge is -2.32. The highest BCUT2D eigenvalue weighted by atomic mass is 32.1. The molecule has 1 aliphatic carbocycles. The van der Waals surface area contributed by atoms with Crippen LogP contribution in [0.2, 0.25) is 0 Å². The maximum absolute atomic E-state index is 12.3. The summed E-state index contributed by atoms with van der Waals surface area (Å²) in [4.78, 5) is 31.3. The minimum atomic E-state index is -0.402. The summed E-state index contributed by atoms with van der Waals surface area (Å²) in [6, 6.07) is -0.459. The van der Waals surface area contributed by atoms with Gasteiger partial charge in [0.25, 0.3) is 0 Å². The molecule has 8 nitrogen and oxygen atoms in total. The van der Waals surface area contributed by atoms with Crippen LogP contribution in [0.4, 0.5) is 14.7 Å². The van der Waals surface area contributed by atoms with Crippen LogP contribution in [0.5, 0.6) is 0 Å². The first-order valence-electron chi connectivity index (χ1n) is 7.09. The first-order valence-corrected chi connectivity index (χ1v) is 7.86. The largest absolute Gasteiger partial charge is 0.351 e. The maximum Gasteiger partial charge on any atom is 0.324 e. The molecule has 0 radical (unpaired) electrons. The third-order valence-electron chi connectivity index (χ3n) is 4.38. The lowest BCUT2D eigenvalue weighted by Crippen LogP contribution is -2.53. The van der Waals surface area contributed by atoms with Crippen LogP contribution in [0.3, 0.4) is 0 Å². The minimum absolute atomic E-state index is 0.0506. The summed E-state index contributed by atoms with van der Waals surface area (Å²) in [7, 11) is 0. The standard InChI is InChI=1S/C12H16N6O2S/c13-10(19)17-4-8-3-7(17)5-18(8)12(20)15-11-14-9(16-21-11)6-1-2-6/h6-8H,1-5H2,(H2,13,19)(H,14,15,16,20)/t7-,8-/m0/s1. The molecule has 21 heavy (non-hydrogen) atoms. The number of carbonyl (C=O) groups is 2. The average molecular weight is 308 g/mol. The smallest absolute Gasteiger partial charge is 0.324 e. The molecule has 4 amide bonds. The Morgan fingerprint density at radius 3 is 2.57 bits per heavy atom. The van der Waals surface area contributed by atoms with Gasteiger partial charge in [0.15, 0.2) is 0 Å². The van der Waals surface area contributed by atoms with Crippen LogP contribution in [-0.4, -0.2) is 56.4 Å². The van der Waals surface area contributed by atoms with E-state index in [-0.39, 0.29) is 18.1 Å². The molecule has 1 saturated carbocycles. The van der Waals surface area contributed by atoms with E-state index in [0.717, 1.165) is 25.1 Å². The van der Waals surface area contributed by atoms with E-state index in [4.69, 9.17) is 5.73 Å². The SMILES string of the molecule is NC(=O)N1C[C@@H]2C[C@H]1CN2C(=O)Nc1nc(C2CC2)ns1. The Labute approximate surface area is 125 Å². The number of amides is 4. The predicted octanol–water partition coefficient (Wildman–Crippen LogP) is 0.785. The van der Waals surface area contributed by atoms with Crippen LogP contribution in [0.15, 0.2) is 0 Å². The van der Waals surface area contributed by atoms with Gasteiger partial charge in [-0.25, -0.2) is 14.6 Å². The number of anilines is 1. The molecule has 1 aromatic rings.